The number of hydrogen-bond acceptors (Lipinski definition) is 3. The molecule has 94 valence electrons. The van der Waals surface area contributed by atoms with Crippen LogP contribution in [0.3, 0.4) is 0 Å². The Labute approximate surface area is 119 Å². The lowest BCUT2D eigenvalue weighted by Crippen LogP contribution is -2.00. The summed E-state index contributed by atoms with van der Waals surface area (Å²) in [5.41, 5.74) is 3.04. The zero-order valence-corrected chi connectivity index (χ0v) is 11.8. The standard InChI is InChI=1S/C15H10BrNO2/c1-19-15(18)12-6-7-13(14(16)8-12)11-4-2-10(9-17)3-5-11/h2-8H,1H3. The molecule has 3 nitrogen and oxygen atoms in total. The number of carbonyl (C=O) groups is 1. The lowest BCUT2D eigenvalue weighted by molar-refractivity contribution is 0.0600. The first-order valence-electron chi connectivity index (χ1n) is 5.54. The Kier molecular flexibility index (Phi) is 3.98. The molecule has 19 heavy (non-hydrogen) atoms. The highest BCUT2D eigenvalue weighted by Crippen LogP contribution is 2.29. The quantitative estimate of drug-likeness (QED) is 0.792. The van der Waals surface area contributed by atoms with Crippen LogP contribution in [0.2, 0.25) is 0 Å². The molecule has 2 aromatic rings. The van der Waals surface area contributed by atoms with Crippen molar-refractivity contribution in [2.45, 2.75) is 0 Å². The van der Waals surface area contributed by atoms with Gasteiger partial charge in [-0.15, -0.1) is 0 Å². The van der Waals surface area contributed by atoms with Gasteiger partial charge in [-0.05, 0) is 35.4 Å². The summed E-state index contributed by atoms with van der Waals surface area (Å²) >= 11 is 3.44. The fraction of sp³-hybridized carbons (Fsp3) is 0.0667. The predicted molar refractivity (Wildman–Crippen MR) is 75.6 cm³/mol. The van der Waals surface area contributed by atoms with Gasteiger partial charge in [0.05, 0.1) is 24.3 Å². The maximum Gasteiger partial charge on any atom is 0.337 e. The van der Waals surface area contributed by atoms with E-state index in [1.807, 2.05) is 18.2 Å². The van der Waals surface area contributed by atoms with Crippen molar-refractivity contribution in [1.29, 1.82) is 5.26 Å². The van der Waals surface area contributed by atoms with Crippen molar-refractivity contribution >= 4 is 21.9 Å². The van der Waals surface area contributed by atoms with Crippen molar-refractivity contribution in [2.75, 3.05) is 7.11 Å². The fourth-order valence-electron chi connectivity index (χ4n) is 1.72. The molecular formula is C15H10BrNO2. The number of carbonyl (C=O) groups excluding carboxylic acids is 1. The smallest absolute Gasteiger partial charge is 0.337 e. The molecule has 2 aromatic carbocycles. The van der Waals surface area contributed by atoms with Crippen LogP contribution in [0.1, 0.15) is 15.9 Å². The Morgan fingerprint density at radius 3 is 2.42 bits per heavy atom. The van der Waals surface area contributed by atoms with Gasteiger partial charge in [0.1, 0.15) is 0 Å². The summed E-state index contributed by atoms with van der Waals surface area (Å²) in [7, 11) is 1.35. The Bertz CT molecular complexity index is 657. The molecule has 0 bridgehead atoms. The van der Waals surface area contributed by atoms with Crippen LogP contribution in [0.25, 0.3) is 11.1 Å². The van der Waals surface area contributed by atoms with Gasteiger partial charge in [-0.3, -0.25) is 0 Å². The average Bonchev–Trinajstić information content (AvgIpc) is 2.46. The summed E-state index contributed by atoms with van der Waals surface area (Å²) < 4.78 is 5.48. The molecule has 0 saturated carbocycles. The summed E-state index contributed by atoms with van der Waals surface area (Å²) in [4.78, 5) is 11.4. The lowest BCUT2D eigenvalue weighted by Gasteiger charge is -2.07. The summed E-state index contributed by atoms with van der Waals surface area (Å²) in [5.74, 6) is -0.368. The van der Waals surface area contributed by atoms with Crippen LogP contribution in [0, 0.1) is 11.3 Å². The molecule has 0 N–H and O–H groups in total. The van der Waals surface area contributed by atoms with Crippen LogP contribution in [-0.4, -0.2) is 13.1 Å². The Hall–Kier alpha value is -2.12. The minimum atomic E-state index is -0.368. The van der Waals surface area contributed by atoms with Crippen LogP contribution < -0.4 is 0 Å². The summed E-state index contributed by atoms with van der Waals surface area (Å²) in [6, 6.07) is 14.6. The molecule has 0 aliphatic carbocycles. The number of benzene rings is 2. The van der Waals surface area contributed by atoms with Crippen molar-refractivity contribution < 1.29 is 9.53 Å². The van der Waals surface area contributed by atoms with Gasteiger partial charge in [0.25, 0.3) is 0 Å². The molecular weight excluding hydrogens is 306 g/mol. The van der Waals surface area contributed by atoms with Gasteiger partial charge in [0, 0.05) is 4.47 Å². The number of methoxy groups -OCH3 is 1. The van der Waals surface area contributed by atoms with Crippen LogP contribution in [0.15, 0.2) is 46.9 Å². The van der Waals surface area contributed by atoms with Crippen LogP contribution in [0.4, 0.5) is 0 Å². The first kappa shape index (κ1) is 13.3. The van der Waals surface area contributed by atoms with E-state index in [0.29, 0.717) is 11.1 Å². The number of ether oxygens (including phenoxy) is 1. The van der Waals surface area contributed by atoms with Crippen LogP contribution in [-0.2, 0) is 4.74 Å². The number of halogens is 1. The molecule has 0 spiro atoms. The average molecular weight is 316 g/mol. The van der Waals surface area contributed by atoms with Gasteiger partial charge >= 0.3 is 5.97 Å². The molecule has 0 amide bonds. The Morgan fingerprint density at radius 1 is 1.21 bits per heavy atom. The fourth-order valence-corrected chi connectivity index (χ4v) is 2.33. The number of nitriles is 1. The third-order valence-corrected chi connectivity index (χ3v) is 3.37. The highest BCUT2D eigenvalue weighted by Gasteiger charge is 2.09. The molecule has 0 heterocycles. The van der Waals surface area contributed by atoms with Gasteiger partial charge in [0.15, 0.2) is 0 Å². The highest BCUT2D eigenvalue weighted by atomic mass is 79.9. The number of hydrogen-bond donors (Lipinski definition) is 0. The molecule has 0 saturated heterocycles. The van der Waals surface area contributed by atoms with E-state index in [4.69, 9.17) is 5.26 Å². The van der Waals surface area contributed by atoms with E-state index in [1.54, 1.807) is 24.3 Å². The summed E-state index contributed by atoms with van der Waals surface area (Å²) in [6.45, 7) is 0. The monoisotopic (exact) mass is 315 g/mol. The second-order valence-electron chi connectivity index (χ2n) is 3.88. The van der Waals surface area contributed by atoms with E-state index in [0.717, 1.165) is 15.6 Å². The van der Waals surface area contributed by atoms with Crippen molar-refractivity contribution in [1.82, 2.24) is 0 Å². The summed E-state index contributed by atoms with van der Waals surface area (Å²) in [6.07, 6.45) is 0. The highest BCUT2D eigenvalue weighted by molar-refractivity contribution is 9.10. The molecule has 4 heteroatoms. The molecule has 0 aliphatic heterocycles. The van der Waals surface area contributed by atoms with E-state index in [9.17, 15) is 4.79 Å². The number of rotatable bonds is 2. The van der Waals surface area contributed by atoms with E-state index < -0.39 is 0 Å². The predicted octanol–water partition coefficient (Wildman–Crippen LogP) is 3.77. The largest absolute Gasteiger partial charge is 0.465 e. The minimum absolute atomic E-state index is 0.368. The molecule has 2 rings (SSSR count). The van der Waals surface area contributed by atoms with E-state index in [-0.39, 0.29) is 5.97 Å². The second-order valence-corrected chi connectivity index (χ2v) is 4.73. The van der Waals surface area contributed by atoms with Crippen molar-refractivity contribution in [2.24, 2.45) is 0 Å². The summed E-state index contributed by atoms with van der Waals surface area (Å²) in [5, 5.41) is 8.77. The molecule has 0 fully saturated rings. The van der Waals surface area contributed by atoms with E-state index in [2.05, 4.69) is 26.7 Å². The van der Waals surface area contributed by atoms with Crippen molar-refractivity contribution in [3.05, 3.63) is 58.1 Å². The van der Waals surface area contributed by atoms with Gasteiger partial charge < -0.3 is 4.74 Å². The van der Waals surface area contributed by atoms with E-state index >= 15 is 0 Å². The third-order valence-electron chi connectivity index (χ3n) is 2.72. The SMILES string of the molecule is COC(=O)c1ccc(-c2ccc(C#N)cc2)c(Br)c1. The maximum atomic E-state index is 11.4. The van der Waals surface area contributed by atoms with Gasteiger partial charge in [-0.1, -0.05) is 34.1 Å². The molecule has 0 aromatic heterocycles. The number of nitrogens with zero attached hydrogens (tertiary/aromatic N) is 1. The van der Waals surface area contributed by atoms with Crippen molar-refractivity contribution in [3.63, 3.8) is 0 Å². The molecule has 0 atom stereocenters. The van der Waals surface area contributed by atoms with Gasteiger partial charge in [-0.25, -0.2) is 4.79 Å². The molecule has 0 radical (unpaired) electrons. The first-order chi connectivity index (χ1) is 9.15. The normalized spacial score (nSPS) is 9.74. The zero-order chi connectivity index (χ0) is 13.8. The van der Waals surface area contributed by atoms with Crippen LogP contribution >= 0.6 is 15.9 Å². The van der Waals surface area contributed by atoms with E-state index in [1.165, 1.54) is 7.11 Å². The minimum Gasteiger partial charge on any atom is -0.465 e. The third kappa shape index (κ3) is 2.83. The van der Waals surface area contributed by atoms with Gasteiger partial charge in [0.2, 0.25) is 0 Å². The Morgan fingerprint density at radius 2 is 1.89 bits per heavy atom. The topological polar surface area (TPSA) is 50.1 Å². The zero-order valence-electron chi connectivity index (χ0n) is 10.2. The Balaban J connectivity index is 2.40. The molecule has 0 aliphatic rings. The lowest BCUT2D eigenvalue weighted by atomic mass is 10.0. The first-order valence-corrected chi connectivity index (χ1v) is 6.33. The van der Waals surface area contributed by atoms with Crippen molar-refractivity contribution in [3.8, 4) is 17.2 Å². The number of esters is 1. The second kappa shape index (κ2) is 5.68. The molecule has 0 unspecified atom stereocenters. The van der Waals surface area contributed by atoms with Crippen LogP contribution in [0.5, 0.6) is 0 Å². The maximum absolute atomic E-state index is 11.4. The van der Waals surface area contributed by atoms with Gasteiger partial charge in [-0.2, -0.15) is 5.26 Å².